The molecule has 0 rings (SSSR count). The van der Waals surface area contributed by atoms with Gasteiger partial charge in [0.2, 0.25) is 5.91 Å². The summed E-state index contributed by atoms with van der Waals surface area (Å²) >= 11 is 0. The molecule has 0 saturated heterocycles. The van der Waals surface area contributed by atoms with Gasteiger partial charge >= 0.3 is 0 Å². The minimum Gasteiger partial charge on any atom is -0.341 e. The Kier molecular flexibility index (Phi) is 3.96. The summed E-state index contributed by atoms with van der Waals surface area (Å²) < 4.78 is 0. The molecule has 13 heavy (non-hydrogen) atoms. The summed E-state index contributed by atoms with van der Waals surface area (Å²) in [7, 11) is 0. The standard InChI is InChI=1S/C10H18N2O/c1-6-7(2)12-9(13)8(11)10(3,4)5/h1,7-8H,11H2,2-5H3,(H,12,13)/t7?,8-/m0/s1. The maximum atomic E-state index is 11.4. The molecule has 1 unspecified atom stereocenters. The van der Waals surface area contributed by atoms with Gasteiger partial charge in [0.05, 0.1) is 12.1 Å². The van der Waals surface area contributed by atoms with Gasteiger partial charge in [-0.1, -0.05) is 26.7 Å². The summed E-state index contributed by atoms with van der Waals surface area (Å²) in [5.41, 5.74) is 5.48. The zero-order valence-corrected chi connectivity index (χ0v) is 8.72. The highest BCUT2D eigenvalue weighted by Gasteiger charge is 2.27. The quantitative estimate of drug-likeness (QED) is 0.611. The summed E-state index contributed by atoms with van der Waals surface area (Å²) in [4.78, 5) is 11.4. The lowest BCUT2D eigenvalue weighted by molar-refractivity contribution is -0.124. The van der Waals surface area contributed by atoms with Crippen molar-refractivity contribution in [3.63, 3.8) is 0 Å². The van der Waals surface area contributed by atoms with E-state index in [0.29, 0.717) is 0 Å². The van der Waals surface area contributed by atoms with Gasteiger partial charge in [0.15, 0.2) is 0 Å². The summed E-state index contributed by atoms with van der Waals surface area (Å²) in [6.45, 7) is 7.49. The number of hydrogen-bond acceptors (Lipinski definition) is 2. The van der Waals surface area contributed by atoms with E-state index in [1.807, 2.05) is 20.8 Å². The maximum Gasteiger partial charge on any atom is 0.238 e. The van der Waals surface area contributed by atoms with E-state index in [1.54, 1.807) is 6.92 Å². The Morgan fingerprint density at radius 3 is 2.31 bits per heavy atom. The van der Waals surface area contributed by atoms with E-state index in [4.69, 9.17) is 12.2 Å². The predicted molar refractivity (Wildman–Crippen MR) is 53.9 cm³/mol. The summed E-state index contributed by atoms with van der Waals surface area (Å²) in [5.74, 6) is 2.22. The third-order valence-corrected chi connectivity index (χ3v) is 1.82. The topological polar surface area (TPSA) is 55.1 Å². The molecule has 0 aliphatic rings. The van der Waals surface area contributed by atoms with Crippen molar-refractivity contribution >= 4 is 5.91 Å². The molecular weight excluding hydrogens is 164 g/mol. The van der Waals surface area contributed by atoms with Gasteiger partial charge in [-0.25, -0.2) is 0 Å². The smallest absolute Gasteiger partial charge is 0.238 e. The van der Waals surface area contributed by atoms with Crippen LogP contribution in [0, 0.1) is 17.8 Å². The van der Waals surface area contributed by atoms with Crippen molar-refractivity contribution in [2.75, 3.05) is 0 Å². The Bertz CT molecular complexity index is 222. The van der Waals surface area contributed by atoms with Crippen LogP contribution in [0.1, 0.15) is 27.7 Å². The van der Waals surface area contributed by atoms with Gasteiger partial charge in [0, 0.05) is 0 Å². The number of amides is 1. The highest BCUT2D eigenvalue weighted by Crippen LogP contribution is 2.17. The third kappa shape index (κ3) is 3.95. The predicted octanol–water partition coefficient (Wildman–Crippen LogP) is 0.498. The van der Waals surface area contributed by atoms with Crippen LogP contribution >= 0.6 is 0 Å². The van der Waals surface area contributed by atoms with Crippen LogP contribution in [0.3, 0.4) is 0 Å². The van der Waals surface area contributed by atoms with Crippen molar-refractivity contribution in [3.05, 3.63) is 0 Å². The summed E-state index contributed by atoms with van der Waals surface area (Å²) in [6, 6.07) is -0.788. The van der Waals surface area contributed by atoms with E-state index in [1.165, 1.54) is 0 Å². The van der Waals surface area contributed by atoms with Gasteiger partial charge in [-0.2, -0.15) is 0 Å². The van der Waals surface area contributed by atoms with Crippen molar-refractivity contribution < 1.29 is 4.79 Å². The second kappa shape index (κ2) is 4.29. The lowest BCUT2D eigenvalue weighted by Gasteiger charge is -2.26. The first-order valence-electron chi connectivity index (χ1n) is 4.31. The van der Waals surface area contributed by atoms with E-state index in [2.05, 4.69) is 11.2 Å². The lowest BCUT2D eigenvalue weighted by atomic mass is 9.87. The van der Waals surface area contributed by atoms with E-state index < -0.39 is 6.04 Å². The molecule has 0 fully saturated rings. The Morgan fingerprint density at radius 2 is 2.00 bits per heavy atom. The van der Waals surface area contributed by atoms with Gasteiger partial charge in [-0.05, 0) is 12.3 Å². The summed E-state index contributed by atoms with van der Waals surface area (Å²) in [6.07, 6.45) is 5.12. The molecule has 0 aromatic heterocycles. The minimum atomic E-state index is -0.525. The molecule has 74 valence electrons. The van der Waals surface area contributed by atoms with Crippen LogP contribution in [0.2, 0.25) is 0 Å². The number of rotatable bonds is 2. The van der Waals surface area contributed by atoms with Crippen LogP contribution in [0.4, 0.5) is 0 Å². The van der Waals surface area contributed by atoms with Gasteiger partial charge in [-0.3, -0.25) is 4.79 Å². The monoisotopic (exact) mass is 182 g/mol. The van der Waals surface area contributed by atoms with Crippen LogP contribution in [-0.4, -0.2) is 18.0 Å². The first-order chi connectivity index (χ1) is 5.79. The average Bonchev–Trinajstić information content (AvgIpc) is 2.01. The zero-order chi connectivity index (χ0) is 10.6. The average molecular weight is 182 g/mol. The molecule has 3 N–H and O–H groups in total. The van der Waals surface area contributed by atoms with Crippen molar-refractivity contribution in [3.8, 4) is 12.3 Å². The molecule has 1 amide bonds. The minimum absolute atomic E-state index is 0.196. The molecule has 3 heteroatoms. The number of nitrogens with one attached hydrogen (secondary N) is 1. The van der Waals surface area contributed by atoms with Crippen LogP contribution < -0.4 is 11.1 Å². The molecule has 0 aromatic carbocycles. The van der Waals surface area contributed by atoms with Gasteiger partial charge in [-0.15, -0.1) is 6.42 Å². The van der Waals surface area contributed by atoms with E-state index >= 15 is 0 Å². The second-order valence-corrected chi connectivity index (χ2v) is 4.24. The molecule has 0 saturated carbocycles. The van der Waals surface area contributed by atoms with E-state index in [9.17, 15) is 4.79 Å². The number of terminal acetylenes is 1. The molecular formula is C10H18N2O. The molecule has 0 spiro atoms. The third-order valence-electron chi connectivity index (χ3n) is 1.82. The van der Waals surface area contributed by atoms with Gasteiger partial charge < -0.3 is 11.1 Å². The van der Waals surface area contributed by atoms with Gasteiger partial charge in [0.1, 0.15) is 0 Å². The SMILES string of the molecule is C#CC(C)NC(=O)[C@H](N)C(C)(C)C. The van der Waals surface area contributed by atoms with E-state index in [0.717, 1.165) is 0 Å². The normalized spacial score (nSPS) is 15.7. The molecule has 0 aromatic rings. The van der Waals surface area contributed by atoms with Crippen LogP contribution in [0.15, 0.2) is 0 Å². The molecule has 2 atom stereocenters. The molecule has 0 bridgehead atoms. The Hall–Kier alpha value is -1.01. The van der Waals surface area contributed by atoms with Crippen molar-refractivity contribution in [2.24, 2.45) is 11.1 Å². The van der Waals surface area contributed by atoms with Crippen molar-refractivity contribution in [1.29, 1.82) is 0 Å². The number of hydrogen-bond donors (Lipinski definition) is 2. The number of carbonyl (C=O) groups excluding carboxylic acids is 1. The lowest BCUT2D eigenvalue weighted by Crippen LogP contribution is -2.50. The molecule has 0 radical (unpaired) electrons. The largest absolute Gasteiger partial charge is 0.341 e. The Balaban J connectivity index is 4.22. The second-order valence-electron chi connectivity index (χ2n) is 4.24. The number of nitrogens with two attached hydrogens (primary N) is 1. The fraction of sp³-hybridized carbons (Fsp3) is 0.700. The Morgan fingerprint density at radius 1 is 1.54 bits per heavy atom. The zero-order valence-electron chi connectivity index (χ0n) is 8.72. The van der Waals surface area contributed by atoms with Crippen LogP contribution in [-0.2, 0) is 4.79 Å². The van der Waals surface area contributed by atoms with Crippen LogP contribution in [0.25, 0.3) is 0 Å². The molecule has 3 nitrogen and oxygen atoms in total. The highest BCUT2D eigenvalue weighted by atomic mass is 16.2. The maximum absolute atomic E-state index is 11.4. The first-order valence-corrected chi connectivity index (χ1v) is 4.31. The van der Waals surface area contributed by atoms with Crippen LogP contribution in [0.5, 0.6) is 0 Å². The Labute approximate surface area is 80.1 Å². The molecule has 0 aliphatic carbocycles. The molecule has 0 heterocycles. The van der Waals surface area contributed by atoms with Crippen molar-refractivity contribution in [2.45, 2.75) is 39.8 Å². The van der Waals surface area contributed by atoms with E-state index in [-0.39, 0.29) is 17.4 Å². The fourth-order valence-corrected chi connectivity index (χ4v) is 0.738. The molecule has 0 aliphatic heterocycles. The fourth-order valence-electron chi connectivity index (χ4n) is 0.738. The summed E-state index contributed by atoms with van der Waals surface area (Å²) in [5, 5.41) is 2.64. The highest BCUT2D eigenvalue weighted by molar-refractivity contribution is 5.82. The van der Waals surface area contributed by atoms with Crippen molar-refractivity contribution in [1.82, 2.24) is 5.32 Å². The number of carbonyl (C=O) groups is 1. The van der Waals surface area contributed by atoms with Gasteiger partial charge in [0.25, 0.3) is 0 Å². The first kappa shape index (κ1) is 12.0.